The normalized spacial score (nSPS) is 11.0. The zero-order valence-electron chi connectivity index (χ0n) is 16.3. The third-order valence-electron chi connectivity index (χ3n) is 4.87. The predicted molar refractivity (Wildman–Crippen MR) is 112 cm³/mol. The predicted octanol–water partition coefficient (Wildman–Crippen LogP) is 4.74. The molecule has 0 bridgehead atoms. The van der Waals surface area contributed by atoms with Crippen molar-refractivity contribution in [1.82, 2.24) is 14.8 Å². The molecule has 0 unspecified atom stereocenters. The molecule has 0 atom stereocenters. The highest BCUT2D eigenvalue weighted by molar-refractivity contribution is 6.12. The molecule has 29 heavy (non-hydrogen) atoms. The van der Waals surface area contributed by atoms with Gasteiger partial charge in [0.05, 0.1) is 23.8 Å². The molecule has 1 N–H and O–H groups in total. The first-order chi connectivity index (χ1) is 14.0. The smallest absolute Gasteiger partial charge is 0.257 e. The van der Waals surface area contributed by atoms with Gasteiger partial charge in [0, 0.05) is 23.2 Å². The first-order valence-corrected chi connectivity index (χ1v) is 9.51. The van der Waals surface area contributed by atoms with Gasteiger partial charge >= 0.3 is 0 Å². The standard InChI is InChI=1S/C23H21FN4O/c1-3-16-4-6-17(7-5-16)14-28-22(10-11-25-28)27-23(29)20-12-15(2)26-21-13-18(24)8-9-19(20)21/h4-13H,3,14H2,1-2H3,(H,27,29). The number of halogens is 1. The number of carbonyl (C=O) groups is 1. The van der Waals surface area contributed by atoms with E-state index in [2.05, 4.69) is 46.6 Å². The van der Waals surface area contributed by atoms with Gasteiger partial charge in [0.25, 0.3) is 5.91 Å². The van der Waals surface area contributed by atoms with Crippen molar-refractivity contribution in [3.8, 4) is 0 Å². The van der Waals surface area contributed by atoms with E-state index in [0.717, 1.165) is 12.0 Å². The minimum Gasteiger partial charge on any atom is -0.307 e. The van der Waals surface area contributed by atoms with E-state index in [1.165, 1.54) is 17.7 Å². The quantitative estimate of drug-likeness (QED) is 0.537. The number of amides is 1. The number of aryl methyl sites for hydroxylation is 2. The summed E-state index contributed by atoms with van der Waals surface area (Å²) in [4.78, 5) is 17.3. The number of nitrogens with one attached hydrogen (secondary N) is 1. The number of carbonyl (C=O) groups excluding carboxylic acids is 1. The van der Waals surface area contributed by atoms with Crippen LogP contribution in [0.4, 0.5) is 10.2 Å². The molecule has 0 fully saturated rings. The number of rotatable bonds is 5. The third kappa shape index (κ3) is 4.01. The third-order valence-corrected chi connectivity index (χ3v) is 4.87. The Morgan fingerprint density at radius 2 is 1.83 bits per heavy atom. The molecule has 0 aliphatic carbocycles. The molecule has 0 saturated carbocycles. The molecule has 0 aliphatic rings. The lowest BCUT2D eigenvalue weighted by Crippen LogP contribution is -2.17. The summed E-state index contributed by atoms with van der Waals surface area (Å²) in [7, 11) is 0. The molecule has 2 heterocycles. The van der Waals surface area contributed by atoms with Gasteiger partial charge in [0.1, 0.15) is 11.6 Å². The molecular weight excluding hydrogens is 367 g/mol. The Balaban J connectivity index is 1.60. The summed E-state index contributed by atoms with van der Waals surface area (Å²) in [6.07, 6.45) is 2.65. The summed E-state index contributed by atoms with van der Waals surface area (Å²) in [5.41, 5.74) is 3.94. The Labute approximate surface area is 168 Å². The summed E-state index contributed by atoms with van der Waals surface area (Å²) in [6, 6.07) is 16.1. The van der Waals surface area contributed by atoms with Crippen LogP contribution in [-0.2, 0) is 13.0 Å². The first kappa shape index (κ1) is 18.8. The molecule has 0 radical (unpaired) electrons. The van der Waals surface area contributed by atoms with Crippen LogP contribution in [0.1, 0.15) is 34.1 Å². The maximum atomic E-state index is 13.6. The van der Waals surface area contributed by atoms with Gasteiger partial charge in [-0.3, -0.25) is 9.78 Å². The van der Waals surface area contributed by atoms with Crippen LogP contribution in [0.25, 0.3) is 10.9 Å². The average Bonchev–Trinajstić information content (AvgIpc) is 3.14. The maximum absolute atomic E-state index is 13.6. The largest absolute Gasteiger partial charge is 0.307 e. The fourth-order valence-corrected chi connectivity index (χ4v) is 3.32. The van der Waals surface area contributed by atoms with Gasteiger partial charge in [-0.1, -0.05) is 31.2 Å². The van der Waals surface area contributed by atoms with Gasteiger partial charge in [0.2, 0.25) is 0 Å². The van der Waals surface area contributed by atoms with Gasteiger partial charge in [-0.25, -0.2) is 9.07 Å². The van der Waals surface area contributed by atoms with Crippen LogP contribution in [0.3, 0.4) is 0 Å². The number of anilines is 1. The lowest BCUT2D eigenvalue weighted by Gasteiger charge is -2.11. The second kappa shape index (κ2) is 7.83. The maximum Gasteiger partial charge on any atom is 0.257 e. The summed E-state index contributed by atoms with van der Waals surface area (Å²) in [6.45, 7) is 4.45. The number of hydrogen-bond acceptors (Lipinski definition) is 3. The van der Waals surface area contributed by atoms with E-state index in [9.17, 15) is 9.18 Å². The van der Waals surface area contributed by atoms with Crippen molar-refractivity contribution in [2.24, 2.45) is 0 Å². The molecule has 4 aromatic rings. The van der Waals surface area contributed by atoms with E-state index in [1.54, 1.807) is 36.0 Å². The van der Waals surface area contributed by atoms with Gasteiger partial charge in [-0.05, 0) is 42.7 Å². The van der Waals surface area contributed by atoms with Gasteiger partial charge in [0.15, 0.2) is 0 Å². The minimum absolute atomic E-state index is 0.282. The summed E-state index contributed by atoms with van der Waals surface area (Å²) >= 11 is 0. The van der Waals surface area contributed by atoms with Crippen molar-refractivity contribution in [2.45, 2.75) is 26.8 Å². The fraction of sp³-hybridized carbons (Fsp3) is 0.174. The average molecular weight is 388 g/mol. The van der Waals surface area contributed by atoms with Crippen molar-refractivity contribution < 1.29 is 9.18 Å². The lowest BCUT2D eigenvalue weighted by molar-refractivity contribution is 0.102. The first-order valence-electron chi connectivity index (χ1n) is 9.51. The van der Waals surface area contributed by atoms with Crippen LogP contribution in [-0.4, -0.2) is 20.7 Å². The van der Waals surface area contributed by atoms with Crippen LogP contribution >= 0.6 is 0 Å². The Kier molecular flexibility index (Phi) is 5.08. The highest BCUT2D eigenvalue weighted by Crippen LogP contribution is 2.21. The molecule has 0 aliphatic heterocycles. The van der Waals surface area contributed by atoms with Crippen molar-refractivity contribution >= 4 is 22.6 Å². The van der Waals surface area contributed by atoms with Crippen molar-refractivity contribution in [3.05, 3.63) is 89.0 Å². The highest BCUT2D eigenvalue weighted by Gasteiger charge is 2.15. The lowest BCUT2D eigenvalue weighted by atomic mass is 10.1. The topological polar surface area (TPSA) is 59.8 Å². The van der Waals surface area contributed by atoms with Crippen LogP contribution in [0.15, 0.2) is 60.8 Å². The number of pyridine rings is 1. The zero-order chi connectivity index (χ0) is 20.4. The summed E-state index contributed by atoms with van der Waals surface area (Å²) in [5, 5.41) is 7.86. The van der Waals surface area contributed by atoms with Crippen LogP contribution < -0.4 is 5.32 Å². The molecule has 2 aromatic heterocycles. The van der Waals surface area contributed by atoms with Crippen molar-refractivity contribution in [1.29, 1.82) is 0 Å². The minimum atomic E-state index is -0.380. The van der Waals surface area contributed by atoms with Gasteiger partial charge < -0.3 is 5.32 Å². The second-order valence-electron chi connectivity index (χ2n) is 6.97. The van der Waals surface area contributed by atoms with E-state index >= 15 is 0 Å². The molecule has 5 nitrogen and oxygen atoms in total. The monoisotopic (exact) mass is 388 g/mol. The van der Waals surface area contributed by atoms with Crippen LogP contribution in [0.2, 0.25) is 0 Å². The number of hydrogen-bond donors (Lipinski definition) is 1. The van der Waals surface area contributed by atoms with E-state index < -0.39 is 0 Å². The molecule has 0 saturated heterocycles. The van der Waals surface area contributed by atoms with Crippen molar-refractivity contribution in [3.63, 3.8) is 0 Å². The van der Waals surface area contributed by atoms with Crippen LogP contribution in [0.5, 0.6) is 0 Å². The van der Waals surface area contributed by atoms with Crippen LogP contribution in [0, 0.1) is 12.7 Å². The molecule has 6 heteroatoms. The van der Waals surface area contributed by atoms with E-state index in [1.807, 2.05) is 0 Å². The van der Waals surface area contributed by atoms with Gasteiger partial charge in [-0.15, -0.1) is 0 Å². The number of aromatic nitrogens is 3. The molecule has 0 spiro atoms. The molecule has 1 amide bonds. The molecule has 4 rings (SSSR count). The number of fused-ring (bicyclic) bond motifs is 1. The Morgan fingerprint density at radius 1 is 1.07 bits per heavy atom. The van der Waals surface area contributed by atoms with E-state index in [-0.39, 0.29) is 11.7 Å². The molecular formula is C23H21FN4O. The van der Waals surface area contributed by atoms with Crippen molar-refractivity contribution in [2.75, 3.05) is 5.32 Å². The van der Waals surface area contributed by atoms with E-state index in [4.69, 9.17) is 0 Å². The van der Waals surface area contributed by atoms with E-state index in [0.29, 0.717) is 34.5 Å². The molecule has 2 aromatic carbocycles. The Bertz CT molecular complexity index is 1180. The zero-order valence-corrected chi connectivity index (χ0v) is 16.3. The number of benzene rings is 2. The number of nitrogens with zero attached hydrogens (tertiary/aromatic N) is 3. The summed E-state index contributed by atoms with van der Waals surface area (Å²) < 4.78 is 15.3. The Hall–Kier alpha value is -3.54. The Morgan fingerprint density at radius 3 is 2.59 bits per heavy atom. The fourth-order valence-electron chi connectivity index (χ4n) is 3.32. The molecule has 146 valence electrons. The SMILES string of the molecule is CCc1ccc(Cn2nccc2NC(=O)c2cc(C)nc3cc(F)ccc23)cc1. The van der Waals surface area contributed by atoms with Gasteiger partial charge in [-0.2, -0.15) is 5.10 Å². The highest BCUT2D eigenvalue weighted by atomic mass is 19.1. The summed E-state index contributed by atoms with van der Waals surface area (Å²) in [5.74, 6) is -0.0661. The second-order valence-corrected chi connectivity index (χ2v) is 6.97.